The minimum Gasteiger partial charge on any atom is -0.399 e. The van der Waals surface area contributed by atoms with E-state index in [-0.39, 0.29) is 0 Å². The molecule has 0 fully saturated rings. The Morgan fingerprint density at radius 1 is 0.947 bits per heavy atom. The first-order valence-electron chi connectivity index (χ1n) is 5.91. The van der Waals surface area contributed by atoms with E-state index in [1.807, 2.05) is 36.4 Å². The van der Waals surface area contributed by atoms with Gasteiger partial charge >= 0.3 is 0 Å². The Balaban J connectivity index is 2.06. The van der Waals surface area contributed by atoms with Gasteiger partial charge < -0.3 is 5.73 Å². The number of rotatable bonds is 1. The summed E-state index contributed by atoms with van der Waals surface area (Å²) in [5.41, 5.74) is 8.63. The van der Waals surface area contributed by atoms with Crippen molar-refractivity contribution in [3.8, 4) is 11.4 Å². The summed E-state index contributed by atoms with van der Waals surface area (Å²) < 4.78 is 3.30. The largest absolute Gasteiger partial charge is 0.399 e. The Labute approximate surface area is 113 Å². The van der Waals surface area contributed by atoms with E-state index in [4.69, 9.17) is 5.73 Å². The van der Waals surface area contributed by atoms with Gasteiger partial charge in [-0.2, -0.15) is 0 Å². The van der Waals surface area contributed by atoms with Crippen LogP contribution in [0.1, 0.15) is 0 Å². The van der Waals surface area contributed by atoms with Gasteiger partial charge in [-0.25, -0.2) is 0 Å². The summed E-state index contributed by atoms with van der Waals surface area (Å²) in [4.78, 5) is 0.910. The molecule has 0 spiro atoms. The van der Waals surface area contributed by atoms with E-state index in [9.17, 15) is 0 Å². The van der Waals surface area contributed by atoms with Crippen LogP contribution in [0.15, 0.2) is 48.5 Å². The zero-order valence-electron chi connectivity index (χ0n) is 9.95. The van der Waals surface area contributed by atoms with Crippen LogP contribution in [0, 0.1) is 0 Å². The lowest BCUT2D eigenvalue weighted by molar-refractivity contribution is 1.12. The number of hydrogen-bond donors (Lipinski definition) is 1. The van der Waals surface area contributed by atoms with Crippen LogP contribution in [0.5, 0.6) is 0 Å². The maximum atomic E-state index is 5.72. The van der Waals surface area contributed by atoms with Crippen LogP contribution in [0.25, 0.3) is 26.6 Å². The van der Waals surface area contributed by atoms with E-state index in [0.29, 0.717) is 0 Å². The number of fused-ring (bicyclic) bond motifs is 3. The molecule has 19 heavy (non-hydrogen) atoms. The molecule has 0 aliphatic rings. The van der Waals surface area contributed by atoms with Crippen molar-refractivity contribution in [3.63, 3.8) is 0 Å². The van der Waals surface area contributed by atoms with E-state index < -0.39 is 0 Å². The Morgan fingerprint density at radius 2 is 1.74 bits per heavy atom. The van der Waals surface area contributed by atoms with Crippen molar-refractivity contribution in [2.75, 3.05) is 5.73 Å². The lowest BCUT2D eigenvalue weighted by atomic mass is 10.2. The lowest BCUT2D eigenvalue weighted by Crippen LogP contribution is -1.89. The highest BCUT2D eigenvalue weighted by molar-refractivity contribution is 7.23. The predicted molar refractivity (Wildman–Crippen MR) is 78.2 cm³/mol. The van der Waals surface area contributed by atoms with Crippen LogP contribution in [0.2, 0.25) is 0 Å². The Hall–Kier alpha value is -2.40. The summed E-state index contributed by atoms with van der Waals surface area (Å²) >= 11 is 1.64. The van der Waals surface area contributed by atoms with Gasteiger partial charge in [0, 0.05) is 11.3 Å². The molecule has 2 aromatic carbocycles. The number of hydrogen-bond acceptors (Lipinski definition) is 4. The van der Waals surface area contributed by atoms with Crippen LogP contribution in [0.3, 0.4) is 0 Å². The molecule has 4 aromatic rings. The van der Waals surface area contributed by atoms with Gasteiger partial charge in [0.2, 0.25) is 4.96 Å². The highest BCUT2D eigenvalue weighted by Crippen LogP contribution is 2.29. The van der Waals surface area contributed by atoms with Crippen LogP contribution in [-0.2, 0) is 0 Å². The van der Waals surface area contributed by atoms with Crippen molar-refractivity contribution < 1.29 is 0 Å². The van der Waals surface area contributed by atoms with Gasteiger partial charge in [0.25, 0.3) is 0 Å². The van der Waals surface area contributed by atoms with Gasteiger partial charge in [0.15, 0.2) is 5.82 Å². The van der Waals surface area contributed by atoms with Crippen LogP contribution in [0.4, 0.5) is 5.69 Å². The number of nitrogens with two attached hydrogens (primary N) is 1. The number of para-hydroxylation sites is 1. The van der Waals surface area contributed by atoms with Crippen molar-refractivity contribution in [1.82, 2.24) is 14.6 Å². The smallest absolute Gasteiger partial charge is 0.217 e. The third-order valence-electron chi connectivity index (χ3n) is 3.11. The monoisotopic (exact) mass is 266 g/mol. The third kappa shape index (κ3) is 1.52. The maximum Gasteiger partial charge on any atom is 0.217 e. The first-order valence-corrected chi connectivity index (χ1v) is 6.73. The molecule has 0 radical (unpaired) electrons. The molecule has 0 unspecified atom stereocenters. The fourth-order valence-electron chi connectivity index (χ4n) is 2.20. The molecule has 2 N–H and O–H groups in total. The molecular weight excluding hydrogens is 256 g/mol. The van der Waals surface area contributed by atoms with Crippen LogP contribution < -0.4 is 5.73 Å². The quantitative estimate of drug-likeness (QED) is 0.538. The first kappa shape index (κ1) is 10.5. The van der Waals surface area contributed by atoms with Gasteiger partial charge in [-0.1, -0.05) is 23.5 Å². The summed E-state index contributed by atoms with van der Waals surface area (Å²) in [6.45, 7) is 0. The normalized spacial score (nSPS) is 11.4. The molecule has 4 nitrogen and oxygen atoms in total. The zero-order valence-corrected chi connectivity index (χ0v) is 10.8. The summed E-state index contributed by atoms with van der Waals surface area (Å²) in [6, 6.07) is 16.0. The minimum atomic E-state index is 0.750. The Bertz CT molecular complexity index is 873. The fraction of sp³-hybridized carbons (Fsp3) is 0. The van der Waals surface area contributed by atoms with E-state index in [2.05, 4.69) is 26.7 Å². The highest BCUT2D eigenvalue weighted by atomic mass is 32.1. The topological polar surface area (TPSA) is 56.2 Å². The summed E-state index contributed by atoms with van der Waals surface area (Å²) in [5, 5.41) is 8.54. The first-order chi connectivity index (χ1) is 9.33. The molecule has 0 aliphatic heterocycles. The van der Waals surface area contributed by atoms with Gasteiger partial charge in [-0.05, 0) is 36.4 Å². The number of anilines is 1. The number of nitrogen functional groups attached to an aromatic ring is 1. The van der Waals surface area contributed by atoms with Gasteiger partial charge in [-0.15, -0.1) is 10.2 Å². The van der Waals surface area contributed by atoms with Gasteiger partial charge in [0.05, 0.1) is 10.2 Å². The van der Waals surface area contributed by atoms with Crippen LogP contribution >= 0.6 is 11.3 Å². The van der Waals surface area contributed by atoms with Crippen molar-refractivity contribution in [2.24, 2.45) is 0 Å². The van der Waals surface area contributed by atoms with E-state index in [1.165, 1.54) is 4.70 Å². The second-order valence-corrected chi connectivity index (χ2v) is 5.34. The second kappa shape index (κ2) is 3.80. The average molecular weight is 266 g/mol. The van der Waals surface area contributed by atoms with Gasteiger partial charge in [-0.3, -0.25) is 4.40 Å². The number of benzene rings is 2. The van der Waals surface area contributed by atoms with Crippen LogP contribution in [-0.4, -0.2) is 14.6 Å². The summed E-state index contributed by atoms with van der Waals surface area (Å²) in [5.74, 6) is 0.854. The molecular formula is C14H10N4S. The molecule has 92 valence electrons. The Kier molecular flexibility index (Phi) is 2.10. The van der Waals surface area contributed by atoms with Crippen molar-refractivity contribution >= 4 is 32.2 Å². The average Bonchev–Trinajstić information content (AvgIpc) is 2.98. The minimum absolute atomic E-state index is 0.750. The van der Waals surface area contributed by atoms with Crippen molar-refractivity contribution in [1.29, 1.82) is 0 Å². The molecule has 0 amide bonds. The number of thiazole rings is 1. The molecule has 0 aliphatic carbocycles. The molecule has 2 aromatic heterocycles. The number of aromatic nitrogens is 3. The zero-order chi connectivity index (χ0) is 12.8. The Morgan fingerprint density at radius 3 is 2.58 bits per heavy atom. The number of nitrogens with zero attached hydrogens (tertiary/aromatic N) is 3. The lowest BCUT2D eigenvalue weighted by Gasteiger charge is -1.99. The van der Waals surface area contributed by atoms with Crippen molar-refractivity contribution in [3.05, 3.63) is 48.5 Å². The molecule has 0 bridgehead atoms. The predicted octanol–water partition coefficient (Wildman–Crippen LogP) is 3.19. The third-order valence-corrected chi connectivity index (χ3v) is 4.12. The molecule has 4 rings (SSSR count). The van der Waals surface area contributed by atoms with E-state index in [1.54, 1.807) is 11.3 Å². The highest BCUT2D eigenvalue weighted by Gasteiger charge is 2.13. The molecule has 2 heterocycles. The maximum absolute atomic E-state index is 5.72. The fourth-order valence-corrected chi connectivity index (χ4v) is 3.16. The molecule has 0 atom stereocenters. The van der Waals surface area contributed by atoms with Gasteiger partial charge in [0.1, 0.15) is 0 Å². The van der Waals surface area contributed by atoms with Crippen molar-refractivity contribution in [2.45, 2.75) is 0 Å². The second-order valence-electron chi connectivity index (χ2n) is 4.33. The molecule has 5 heteroatoms. The standard InChI is InChI=1S/C14H10N4S/c15-10-7-5-9(6-8-10)13-16-17-14-18(13)11-3-1-2-4-12(11)19-14/h1-8H,15H2. The van der Waals surface area contributed by atoms with E-state index in [0.717, 1.165) is 27.6 Å². The summed E-state index contributed by atoms with van der Waals surface area (Å²) in [6.07, 6.45) is 0. The SMILES string of the molecule is Nc1ccc(-c2nnc3sc4ccccc4n23)cc1. The molecule has 0 saturated heterocycles. The molecule has 0 saturated carbocycles. The summed E-state index contributed by atoms with van der Waals surface area (Å²) in [7, 11) is 0. The van der Waals surface area contributed by atoms with E-state index >= 15 is 0 Å².